The molecular formula is C18H18N4O. The summed E-state index contributed by atoms with van der Waals surface area (Å²) in [4.78, 5) is 20.6. The van der Waals surface area contributed by atoms with Gasteiger partial charge in [-0.1, -0.05) is 0 Å². The van der Waals surface area contributed by atoms with E-state index in [2.05, 4.69) is 15.3 Å². The number of carbonyl (C=O) groups excluding carboxylic acids is 1. The first-order valence-electron chi connectivity index (χ1n) is 7.39. The molecule has 0 atom stereocenters. The Bertz CT molecular complexity index is 850. The minimum atomic E-state index is -0.212. The summed E-state index contributed by atoms with van der Waals surface area (Å²) in [5, 5.41) is 2.86. The average molecular weight is 306 g/mol. The van der Waals surface area contributed by atoms with Gasteiger partial charge in [0, 0.05) is 23.3 Å². The van der Waals surface area contributed by atoms with Crippen molar-refractivity contribution in [1.29, 1.82) is 0 Å². The van der Waals surface area contributed by atoms with Gasteiger partial charge in [-0.2, -0.15) is 0 Å². The van der Waals surface area contributed by atoms with Crippen LogP contribution < -0.4 is 5.32 Å². The molecule has 0 radical (unpaired) electrons. The Morgan fingerprint density at radius 2 is 1.78 bits per heavy atom. The molecule has 0 bridgehead atoms. The molecule has 1 amide bonds. The summed E-state index contributed by atoms with van der Waals surface area (Å²) < 4.78 is 2.02. The van der Waals surface area contributed by atoms with E-state index in [1.54, 1.807) is 18.6 Å². The maximum Gasteiger partial charge on any atom is 0.274 e. The van der Waals surface area contributed by atoms with E-state index in [9.17, 15) is 4.79 Å². The SMILES string of the molecule is Cc1ccnc(C(=O)Nc2ccc(-n3cnc(C)c3C)cc2)c1. The number of anilines is 1. The zero-order valence-electron chi connectivity index (χ0n) is 13.4. The maximum atomic E-state index is 12.2. The van der Waals surface area contributed by atoms with Crippen molar-refractivity contribution >= 4 is 11.6 Å². The predicted molar refractivity (Wildman–Crippen MR) is 90.0 cm³/mol. The second kappa shape index (κ2) is 6.04. The number of hydrogen-bond donors (Lipinski definition) is 1. The van der Waals surface area contributed by atoms with E-state index >= 15 is 0 Å². The van der Waals surface area contributed by atoms with Crippen LogP contribution in [0.2, 0.25) is 0 Å². The van der Waals surface area contributed by atoms with Crippen molar-refractivity contribution < 1.29 is 4.79 Å². The van der Waals surface area contributed by atoms with Gasteiger partial charge in [0.1, 0.15) is 5.69 Å². The van der Waals surface area contributed by atoms with E-state index < -0.39 is 0 Å². The number of nitrogens with one attached hydrogen (secondary N) is 1. The van der Waals surface area contributed by atoms with Crippen molar-refractivity contribution in [2.75, 3.05) is 5.32 Å². The minimum absolute atomic E-state index is 0.212. The number of hydrogen-bond acceptors (Lipinski definition) is 3. The third kappa shape index (κ3) is 3.13. The average Bonchev–Trinajstić information content (AvgIpc) is 2.88. The number of aromatic nitrogens is 3. The van der Waals surface area contributed by atoms with Crippen LogP contribution in [0.3, 0.4) is 0 Å². The fourth-order valence-electron chi connectivity index (χ4n) is 2.32. The van der Waals surface area contributed by atoms with Crippen LogP contribution in [0.4, 0.5) is 5.69 Å². The van der Waals surface area contributed by atoms with Crippen molar-refractivity contribution in [2.45, 2.75) is 20.8 Å². The van der Waals surface area contributed by atoms with E-state index in [1.165, 1.54) is 0 Å². The lowest BCUT2D eigenvalue weighted by molar-refractivity contribution is 0.102. The molecule has 0 saturated heterocycles. The Morgan fingerprint density at radius 3 is 2.39 bits per heavy atom. The normalized spacial score (nSPS) is 10.6. The fourth-order valence-corrected chi connectivity index (χ4v) is 2.32. The van der Waals surface area contributed by atoms with Crippen LogP contribution in [0.1, 0.15) is 27.4 Å². The Balaban J connectivity index is 1.78. The number of nitrogens with zero attached hydrogens (tertiary/aromatic N) is 3. The third-order valence-corrected chi connectivity index (χ3v) is 3.80. The highest BCUT2D eigenvalue weighted by molar-refractivity contribution is 6.02. The molecule has 0 fully saturated rings. The second-order valence-electron chi connectivity index (χ2n) is 5.50. The highest BCUT2D eigenvalue weighted by Crippen LogP contribution is 2.17. The molecule has 3 rings (SSSR count). The smallest absolute Gasteiger partial charge is 0.274 e. The molecular weight excluding hydrogens is 288 g/mol. The first kappa shape index (κ1) is 15.0. The topological polar surface area (TPSA) is 59.8 Å². The zero-order chi connectivity index (χ0) is 16.4. The van der Waals surface area contributed by atoms with Crippen LogP contribution in [0.25, 0.3) is 5.69 Å². The molecule has 3 aromatic rings. The van der Waals surface area contributed by atoms with E-state index in [0.29, 0.717) is 5.69 Å². The van der Waals surface area contributed by atoms with Crippen molar-refractivity contribution in [3.8, 4) is 5.69 Å². The van der Waals surface area contributed by atoms with Gasteiger partial charge < -0.3 is 9.88 Å². The fraction of sp³-hybridized carbons (Fsp3) is 0.167. The monoisotopic (exact) mass is 306 g/mol. The van der Waals surface area contributed by atoms with Crippen LogP contribution in [0.15, 0.2) is 48.9 Å². The Kier molecular flexibility index (Phi) is 3.93. The number of imidazole rings is 1. The standard InChI is InChI=1S/C18H18N4O/c1-12-8-9-19-17(10-12)18(23)21-15-4-6-16(7-5-15)22-11-20-13(2)14(22)3/h4-11H,1-3H3,(H,21,23). The van der Waals surface area contributed by atoms with Crippen molar-refractivity contribution in [2.24, 2.45) is 0 Å². The van der Waals surface area contributed by atoms with Crippen LogP contribution in [-0.2, 0) is 0 Å². The van der Waals surface area contributed by atoms with Crippen LogP contribution in [0.5, 0.6) is 0 Å². The summed E-state index contributed by atoms with van der Waals surface area (Å²) in [5.74, 6) is -0.212. The summed E-state index contributed by atoms with van der Waals surface area (Å²) in [5.41, 5.74) is 5.27. The Labute approximate surface area is 135 Å². The van der Waals surface area contributed by atoms with Gasteiger partial charge in [0.15, 0.2) is 0 Å². The van der Waals surface area contributed by atoms with E-state index in [1.807, 2.05) is 55.7 Å². The Morgan fingerprint density at radius 1 is 1.04 bits per heavy atom. The molecule has 0 aliphatic rings. The van der Waals surface area contributed by atoms with Crippen molar-refractivity contribution in [3.05, 3.63) is 71.6 Å². The predicted octanol–water partition coefficient (Wildman–Crippen LogP) is 3.44. The van der Waals surface area contributed by atoms with E-state index in [4.69, 9.17) is 0 Å². The number of carbonyl (C=O) groups is 1. The first-order valence-corrected chi connectivity index (χ1v) is 7.39. The number of amides is 1. The van der Waals surface area contributed by atoms with Crippen LogP contribution >= 0.6 is 0 Å². The molecule has 5 nitrogen and oxygen atoms in total. The number of benzene rings is 1. The highest BCUT2D eigenvalue weighted by Gasteiger charge is 2.08. The molecule has 0 unspecified atom stereocenters. The molecule has 0 spiro atoms. The lowest BCUT2D eigenvalue weighted by Gasteiger charge is -2.08. The highest BCUT2D eigenvalue weighted by atomic mass is 16.1. The van der Waals surface area contributed by atoms with E-state index in [-0.39, 0.29) is 5.91 Å². The Hall–Kier alpha value is -2.95. The quantitative estimate of drug-likeness (QED) is 0.806. The second-order valence-corrected chi connectivity index (χ2v) is 5.50. The van der Waals surface area contributed by atoms with Gasteiger partial charge in [0.25, 0.3) is 5.91 Å². The van der Waals surface area contributed by atoms with Gasteiger partial charge in [-0.15, -0.1) is 0 Å². The van der Waals surface area contributed by atoms with Crippen molar-refractivity contribution in [3.63, 3.8) is 0 Å². The molecule has 1 aromatic carbocycles. The number of rotatable bonds is 3. The van der Waals surface area contributed by atoms with Crippen molar-refractivity contribution in [1.82, 2.24) is 14.5 Å². The van der Waals surface area contributed by atoms with Gasteiger partial charge in [-0.25, -0.2) is 4.98 Å². The third-order valence-electron chi connectivity index (χ3n) is 3.80. The van der Waals surface area contributed by atoms with E-state index in [0.717, 1.165) is 28.3 Å². The summed E-state index contributed by atoms with van der Waals surface area (Å²) in [7, 11) is 0. The molecule has 1 N–H and O–H groups in total. The maximum absolute atomic E-state index is 12.2. The van der Waals surface area contributed by atoms with Gasteiger partial charge in [0.05, 0.1) is 12.0 Å². The van der Waals surface area contributed by atoms with Gasteiger partial charge in [0.2, 0.25) is 0 Å². The largest absolute Gasteiger partial charge is 0.321 e. The van der Waals surface area contributed by atoms with Crippen LogP contribution in [-0.4, -0.2) is 20.4 Å². The molecule has 23 heavy (non-hydrogen) atoms. The number of pyridine rings is 1. The zero-order valence-corrected chi connectivity index (χ0v) is 13.4. The summed E-state index contributed by atoms with van der Waals surface area (Å²) in [6.45, 7) is 5.94. The lowest BCUT2D eigenvalue weighted by Crippen LogP contribution is -2.13. The van der Waals surface area contributed by atoms with Gasteiger partial charge in [-0.05, 0) is 62.7 Å². The molecule has 0 saturated carbocycles. The molecule has 0 aliphatic heterocycles. The molecule has 5 heteroatoms. The molecule has 0 aliphatic carbocycles. The molecule has 116 valence electrons. The summed E-state index contributed by atoms with van der Waals surface area (Å²) >= 11 is 0. The molecule has 2 aromatic heterocycles. The summed E-state index contributed by atoms with van der Waals surface area (Å²) in [6, 6.07) is 11.3. The molecule has 2 heterocycles. The summed E-state index contributed by atoms with van der Waals surface area (Å²) in [6.07, 6.45) is 3.44. The van der Waals surface area contributed by atoms with Gasteiger partial charge >= 0.3 is 0 Å². The van der Waals surface area contributed by atoms with Gasteiger partial charge in [-0.3, -0.25) is 9.78 Å². The minimum Gasteiger partial charge on any atom is -0.321 e. The van der Waals surface area contributed by atoms with Crippen LogP contribution in [0, 0.1) is 20.8 Å². The number of aryl methyl sites for hydroxylation is 2. The first-order chi connectivity index (χ1) is 11.0. The lowest BCUT2D eigenvalue weighted by atomic mass is 10.2.